The molecule has 146 valence electrons. The first-order valence-corrected chi connectivity index (χ1v) is 9.68. The molecule has 27 heavy (non-hydrogen) atoms. The van der Waals surface area contributed by atoms with Crippen LogP contribution < -0.4 is 0 Å². The van der Waals surface area contributed by atoms with Crippen LogP contribution >= 0.6 is 0 Å². The Labute approximate surface area is 161 Å². The van der Waals surface area contributed by atoms with Crippen LogP contribution in [0.5, 0.6) is 0 Å². The number of hydrogen-bond acceptors (Lipinski definition) is 2. The molecule has 6 nitrogen and oxygen atoms in total. The maximum atomic E-state index is 13.1. The number of carbonyl (C=O) groups excluding carboxylic acids is 2. The number of aromatic nitrogens is 2. The fraction of sp³-hybridized carbons (Fsp3) is 0.524. The van der Waals surface area contributed by atoms with E-state index < -0.39 is 0 Å². The first-order chi connectivity index (χ1) is 12.8. The summed E-state index contributed by atoms with van der Waals surface area (Å²) in [7, 11) is 1.91. The van der Waals surface area contributed by atoms with E-state index in [4.69, 9.17) is 0 Å². The summed E-state index contributed by atoms with van der Waals surface area (Å²) in [6.45, 7) is 10.8. The van der Waals surface area contributed by atoms with Gasteiger partial charge in [-0.1, -0.05) is 0 Å². The second kappa shape index (κ2) is 7.62. The number of aryl methyl sites for hydroxylation is 2. The molecule has 0 spiro atoms. The largest absolute Gasteiger partial charge is 0.356 e. The Kier molecular flexibility index (Phi) is 5.44. The van der Waals surface area contributed by atoms with E-state index in [1.54, 1.807) is 0 Å². The summed E-state index contributed by atoms with van der Waals surface area (Å²) >= 11 is 0. The molecule has 0 radical (unpaired) electrons. The molecular formula is C21H30N4O2. The molecule has 3 heterocycles. The predicted octanol–water partition coefficient (Wildman–Crippen LogP) is 3.01. The number of amides is 2. The lowest BCUT2D eigenvalue weighted by Crippen LogP contribution is -2.37. The van der Waals surface area contributed by atoms with Gasteiger partial charge in [-0.15, -0.1) is 0 Å². The van der Waals surface area contributed by atoms with Crippen LogP contribution in [0.15, 0.2) is 24.5 Å². The summed E-state index contributed by atoms with van der Waals surface area (Å²) in [5.41, 5.74) is 3.62. The summed E-state index contributed by atoms with van der Waals surface area (Å²) in [5.74, 6) is 0.117. The molecule has 0 atom stereocenters. The third kappa shape index (κ3) is 3.80. The molecule has 1 fully saturated rings. The minimum absolute atomic E-state index is 0.0443. The van der Waals surface area contributed by atoms with E-state index in [0.29, 0.717) is 37.8 Å². The number of nitrogens with zero attached hydrogens (tertiary/aromatic N) is 4. The van der Waals surface area contributed by atoms with Gasteiger partial charge in [-0.2, -0.15) is 0 Å². The number of rotatable bonds is 3. The fourth-order valence-electron chi connectivity index (χ4n) is 4.09. The molecule has 0 saturated carbocycles. The molecule has 1 aliphatic rings. The molecule has 1 aliphatic heterocycles. The molecule has 0 unspecified atom stereocenters. The standard InChI is InChI=1S/C21H30N4O2/c1-15(2)25-16(3)13-19(17(25)4)21(27)24-9-6-8-23(11-12-24)20(26)18-7-10-22(5)14-18/h7,10,13-15H,6,8-9,11-12H2,1-5H3. The molecule has 2 aromatic rings. The molecule has 0 aliphatic carbocycles. The lowest BCUT2D eigenvalue weighted by Gasteiger charge is -2.22. The van der Waals surface area contributed by atoms with Crippen LogP contribution in [0, 0.1) is 13.8 Å². The maximum absolute atomic E-state index is 13.1. The van der Waals surface area contributed by atoms with Gasteiger partial charge < -0.3 is 18.9 Å². The van der Waals surface area contributed by atoms with Crippen molar-refractivity contribution in [3.8, 4) is 0 Å². The molecule has 6 heteroatoms. The van der Waals surface area contributed by atoms with Crippen LogP contribution in [0.4, 0.5) is 0 Å². The van der Waals surface area contributed by atoms with Crippen LogP contribution in [-0.2, 0) is 7.05 Å². The van der Waals surface area contributed by atoms with Crippen molar-refractivity contribution in [2.75, 3.05) is 26.2 Å². The summed E-state index contributed by atoms with van der Waals surface area (Å²) in [6, 6.07) is 4.17. The molecule has 3 rings (SSSR count). The van der Waals surface area contributed by atoms with Gasteiger partial charge in [0.1, 0.15) is 0 Å². The summed E-state index contributed by atoms with van der Waals surface area (Å²) in [5, 5.41) is 0. The van der Waals surface area contributed by atoms with Crippen molar-refractivity contribution in [2.24, 2.45) is 7.05 Å². The van der Waals surface area contributed by atoms with Crippen LogP contribution in [0.1, 0.15) is 58.4 Å². The van der Waals surface area contributed by atoms with Crippen molar-refractivity contribution in [2.45, 2.75) is 40.2 Å². The average molecular weight is 370 g/mol. The van der Waals surface area contributed by atoms with Crippen molar-refractivity contribution in [3.63, 3.8) is 0 Å². The van der Waals surface area contributed by atoms with Crippen molar-refractivity contribution in [1.82, 2.24) is 18.9 Å². The Hall–Kier alpha value is -2.50. The quantitative estimate of drug-likeness (QED) is 0.834. The van der Waals surface area contributed by atoms with E-state index >= 15 is 0 Å². The molecule has 0 aromatic carbocycles. The van der Waals surface area contributed by atoms with Crippen LogP contribution in [0.25, 0.3) is 0 Å². The minimum atomic E-state index is 0.0443. The van der Waals surface area contributed by atoms with E-state index in [9.17, 15) is 9.59 Å². The van der Waals surface area contributed by atoms with Gasteiger partial charge in [-0.25, -0.2) is 0 Å². The molecule has 0 N–H and O–H groups in total. The summed E-state index contributed by atoms with van der Waals surface area (Å²) < 4.78 is 4.08. The van der Waals surface area contributed by atoms with Gasteiger partial charge >= 0.3 is 0 Å². The van der Waals surface area contributed by atoms with E-state index in [1.807, 2.05) is 59.8 Å². The van der Waals surface area contributed by atoms with E-state index in [-0.39, 0.29) is 11.8 Å². The Balaban J connectivity index is 1.72. The second-order valence-electron chi connectivity index (χ2n) is 7.75. The van der Waals surface area contributed by atoms with Crippen molar-refractivity contribution in [1.29, 1.82) is 0 Å². The SMILES string of the molecule is Cc1cc(C(=O)N2CCCN(C(=O)c3ccn(C)c3)CC2)c(C)n1C(C)C. The number of carbonyl (C=O) groups is 2. The van der Waals surface area contributed by atoms with Crippen molar-refractivity contribution >= 4 is 11.8 Å². The van der Waals surface area contributed by atoms with Gasteiger partial charge in [0.15, 0.2) is 0 Å². The number of hydrogen-bond donors (Lipinski definition) is 0. The Morgan fingerprint density at radius 3 is 2.15 bits per heavy atom. The van der Waals surface area contributed by atoms with Crippen molar-refractivity contribution < 1.29 is 9.59 Å². The van der Waals surface area contributed by atoms with Gasteiger partial charge in [-0.3, -0.25) is 9.59 Å². The third-order valence-electron chi connectivity index (χ3n) is 5.38. The smallest absolute Gasteiger partial charge is 0.255 e. The molecule has 2 aromatic heterocycles. The van der Waals surface area contributed by atoms with Gasteiger partial charge in [0.2, 0.25) is 0 Å². The topological polar surface area (TPSA) is 50.5 Å². The lowest BCUT2D eigenvalue weighted by molar-refractivity contribution is 0.0718. The van der Waals surface area contributed by atoms with E-state index in [1.165, 1.54) is 0 Å². The van der Waals surface area contributed by atoms with Crippen LogP contribution in [-0.4, -0.2) is 56.9 Å². The zero-order chi connectivity index (χ0) is 19.7. The first-order valence-electron chi connectivity index (χ1n) is 9.68. The highest BCUT2D eigenvalue weighted by Crippen LogP contribution is 2.22. The Morgan fingerprint density at radius 2 is 1.63 bits per heavy atom. The fourth-order valence-corrected chi connectivity index (χ4v) is 4.09. The first kappa shape index (κ1) is 19.3. The maximum Gasteiger partial charge on any atom is 0.255 e. The van der Waals surface area contributed by atoms with E-state index in [0.717, 1.165) is 23.4 Å². The average Bonchev–Trinajstić information content (AvgIpc) is 3.07. The van der Waals surface area contributed by atoms with Gasteiger partial charge in [0.05, 0.1) is 11.1 Å². The molecule has 1 saturated heterocycles. The zero-order valence-electron chi connectivity index (χ0n) is 17.0. The minimum Gasteiger partial charge on any atom is -0.356 e. The predicted molar refractivity (Wildman–Crippen MR) is 106 cm³/mol. The third-order valence-corrected chi connectivity index (χ3v) is 5.38. The van der Waals surface area contributed by atoms with Crippen LogP contribution in [0.2, 0.25) is 0 Å². The molecule has 2 amide bonds. The highest BCUT2D eigenvalue weighted by atomic mass is 16.2. The highest BCUT2D eigenvalue weighted by Gasteiger charge is 2.26. The zero-order valence-corrected chi connectivity index (χ0v) is 17.0. The Bertz CT molecular complexity index is 846. The summed E-state index contributed by atoms with van der Waals surface area (Å²) in [4.78, 5) is 29.6. The van der Waals surface area contributed by atoms with Crippen molar-refractivity contribution in [3.05, 3.63) is 47.0 Å². The monoisotopic (exact) mass is 370 g/mol. The van der Waals surface area contributed by atoms with Gasteiger partial charge in [0, 0.05) is 63.1 Å². The summed E-state index contributed by atoms with van der Waals surface area (Å²) in [6.07, 6.45) is 4.52. The normalized spacial score (nSPS) is 15.3. The van der Waals surface area contributed by atoms with Gasteiger partial charge in [0.25, 0.3) is 11.8 Å². The van der Waals surface area contributed by atoms with Gasteiger partial charge in [-0.05, 0) is 46.2 Å². The second-order valence-corrected chi connectivity index (χ2v) is 7.75. The lowest BCUT2D eigenvalue weighted by atomic mass is 10.2. The molecular weight excluding hydrogens is 340 g/mol. The Morgan fingerprint density at radius 1 is 1.00 bits per heavy atom. The van der Waals surface area contributed by atoms with E-state index in [2.05, 4.69) is 18.4 Å². The van der Waals surface area contributed by atoms with Crippen LogP contribution in [0.3, 0.4) is 0 Å². The highest BCUT2D eigenvalue weighted by molar-refractivity contribution is 5.96. The molecule has 0 bridgehead atoms.